The normalized spacial score (nSPS) is 12.1. The molecule has 1 aromatic carbocycles. The molecule has 0 saturated heterocycles. The number of aromatic nitrogens is 2. The number of hydrogen-bond donors (Lipinski definition) is 2. The molecule has 0 aliphatic rings. The Hall–Kier alpha value is -3.29. The lowest BCUT2D eigenvalue weighted by Gasteiger charge is -2.13. The minimum atomic E-state index is -0.757. The molecule has 0 bridgehead atoms. The van der Waals surface area contributed by atoms with Crippen LogP contribution < -0.4 is 16.3 Å². The fraction of sp³-hybridized carbons (Fsp3) is 0.235. The van der Waals surface area contributed by atoms with Gasteiger partial charge in [-0.2, -0.15) is 0 Å². The highest BCUT2D eigenvalue weighted by atomic mass is 16.3. The second-order valence-electron chi connectivity index (χ2n) is 5.77. The van der Waals surface area contributed by atoms with E-state index in [-0.39, 0.29) is 17.4 Å². The van der Waals surface area contributed by atoms with Crippen LogP contribution in [0.3, 0.4) is 0 Å². The predicted octanol–water partition coefficient (Wildman–Crippen LogP) is 1.23. The number of anilines is 1. The Morgan fingerprint density at radius 3 is 2.52 bits per heavy atom. The minimum absolute atomic E-state index is 0.139. The van der Waals surface area contributed by atoms with Crippen LogP contribution in [-0.4, -0.2) is 27.0 Å². The van der Waals surface area contributed by atoms with Gasteiger partial charge in [-0.15, -0.1) is 0 Å². The summed E-state index contributed by atoms with van der Waals surface area (Å²) >= 11 is 0. The Morgan fingerprint density at radius 1 is 1.12 bits per heavy atom. The van der Waals surface area contributed by atoms with E-state index in [2.05, 4.69) is 10.6 Å². The number of benzene rings is 1. The number of rotatable bonds is 4. The zero-order valence-electron chi connectivity index (χ0n) is 14.1. The second kappa shape index (κ2) is 6.31. The largest absolute Gasteiger partial charge is 0.459 e. The van der Waals surface area contributed by atoms with Crippen molar-refractivity contribution in [3.8, 4) is 0 Å². The Morgan fingerprint density at radius 2 is 1.84 bits per heavy atom. The number of nitrogens with zero attached hydrogens (tertiary/aromatic N) is 2. The maximum atomic E-state index is 12.3. The fourth-order valence-corrected chi connectivity index (χ4v) is 2.58. The number of hydrogen-bond acceptors (Lipinski definition) is 4. The van der Waals surface area contributed by atoms with Crippen molar-refractivity contribution in [2.45, 2.75) is 13.0 Å². The van der Waals surface area contributed by atoms with E-state index in [1.54, 1.807) is 45.3 Å². The second-order valence-corrected chi connectivity index (χ2v) is 5.77. The van der Waals surface area contributed by atoms with Crippen molar-refractivity contribution < 1.29 is 14.0 Å². The molecule has 0 spiro atoms. The van der Waals surface area contributed by atoms with Gasteiger partial charge < -0.3 is 15.1 Å². The van der Waals surface area contributed by atoms with Gasteiger partial charge in [0.05, 0.1) is 17.3 Å². The molecule has 2 N–H and O–H groups in total. The summed E-state index contributed by atoms with van der Waals surface area (Å²) in [6, 6.07) is 7.55. The van der Waals surface area contributed by atoms with Crippen molar-refractivity contribution >= 4 is 28.5 Å². The number of carbonyl (C=O) groups excluding carboxylic acids is 2. The molecule has 3 aromatic rings. The number of fused-ring (bicyclic) bond motifs is 1. The number of furan rings is 1. The molecule has 3 rings (SSSR count). The SMILES string of the molecule is CC(NC(=O)c1ccco1)C(=O)Nc1ccc2c(c1)n(C)c(=O)n2C. The zero-order chi connectivity index (χ0) is 18.1. The molecule has 2 aromatic heterocycles. The van der Waals surface area contributed by atoms with E-state index in [1.165, 1.54) is 21.5 Å². The first-order valence-corrected chi connectivity index (χ1v) is 7.69. The molecule has 0 fully saturated rings. The maximum Gasteiger partial charge on any atom is 0.328 e. The van der Waals surface area contributed by atoms with Crippen LogP contribution in [0.1, 0.15) is 17.5 Å². The molecule has 1 atom stereocenters. The molecule has 2 amide bonds. The number of aryl methyl sites for hydroxylation is 2. The van der Waals surface area contributed by atoms with E-state index in [9.17, 15) is 14.4 Å². The quantitative estimate of drug-likeness (QED) is 0.745. The van der Waals surface area contributed by atoms with Crippen LogP contribution >= 0.6 is 0 Å². The first kappa shape index (κ1) is 16.6. The van der Waals surface area contributed by atoms with Crippen molar-refractivity contribution in [2.75, 3.05) is 5.32 Å². The smallest absolute Gasteiger partial charge is 0.328 e. The van der Waals surface area contributed by atoms with Crippen LogP contribution in [0.15, 0.2) is 45.8 Å². The summed E-state index contributed by atoms with van der Waals surface area (Å²) in [5.74, 6) is -0.700. The van der Waals surface area contributed by atoms with Gasteiger partial charge in [0.25, 0.3) is 5.91 Å². The summed E-state index contributed by atoms with van der Waals surface area (Å²) in [7, 11) is 3.36. The van der Waals surface area contributed by atoms with Crippen LogP contribution in [0.2, 0.25) is 0 Å². The number of imidazole rings is 1. The highest BCUT2D eigenvalue weighted by Crippen LogP contribution is 2.17. The van der Waals surface area contributed by atoms with Gasteiger partial charge in [0.1, 0.15) is 6.04 Å². The summed E-state index contributed by atoms with van der Waals surface area (Å²) < 4.78 is 8.03. The molecule has 25 heavy (non-hydrogen) atoms. The van der Waals surface area contributed by atoms with Crippen molar-refractivity contribution in [2.24, 2.45) is 14.1 Å². The molecular weight excluding hydrogens is 324 g/mol. The summed E-state index contributed by atoms with van der Waals surface area (Å²) in [6.07, 6.45) is 1.39. The molecule has 1 unspecified atom stereocenters. The van der Waals surface area contributed by atoms with Gasteiger partial charge in [-0.1, -0.05) is 0 Å². The molecule has 130 valence electrons. The van der Waals surface area contributed by atoms with Gasteiger partial charge in [0.2, 0.25) is 5.91 Å². The van der Waals surface area contributed by atoms with Crippen molar-refractivity contribution in [3.05, 3.63) is 52.8 Å². The monoisotopic (exact) mass is 342 g/mol. The molecule has 0 aliphatic heterocycles. The Bertz CT molecular complexity index is 998. The van der Waals surface area contributed by atoms with Crippen LogP contribution in [0, 0.1) is 0 Å². The van der Waals surface area contributed by atoms with E-state index in [0.29, 0.717) is 11.2 Å². The molecule has 0 saturated carbocycles. The molecule has 8 nitrogen and oxygen atoms in total. The van der Waals surface area contributed by atoms with E-state index in [4.69, 9.17) is 4.42 Å². The first-order chi connectivity index (χ1) is 11.9. The summed E-state index contributed by atoms with van der Waals surface area (Å²) in [5.41, 5.74) is 1.87. The first-order valence-electron chi connectivity index (χ1n) is 7.69. The highest BCUT2D eigenvalue weighted by Gasteiger charge is 2.18. The lowest BCUT2D eigenvalue weighted by molar-refractivity contribution is -0.117. The molecule has 8 heteroatoms. The summed E-state index contributed by atoms with van der Waals surface area (Å²) in [4.78, 5) is 36.1. The minimum Gasteiger partial charge on any atom is -0.459 e. The third-order valence-corrected chi connectivity index (χ3v) is 4.03. The van der Waals surface area contributed by atoms with Gasteiger partial charge >= 0.3 is 5.69 Å². The van der Waals surface area contributed by atoms with Crippen molar-refractivity contribution in [1.29, 1.82) is 0 Å². The topological polar surface area (TPSA) is 98.3 Å². The standard InChI is InChI=1S/C17H18N4O4/c1-10(18-16(23)14-5-4-8-25-14)15(22)19-11-6-7-12-13(9-11)21(3)17(24)20(12)2/h4-10H,1-3H3,(H,18,23)(H,19,22). The van der Waals surface area contributed by atoms with Gasteiger partial charge in [-0.25, -0.2) is 4.79 Å². The average molecular weight is 342 g/mol. The fourth-order valence-electron chi connectivity index (χ4n) is 2.58. The van der Waals surface area contributed by atoms with Crippen molar-refractivity contribution in [3.63, 3.8) is 0 Å². The van der Waals surface area contributed by atoms with E-state index in [1.807, 2.05) is 0 Å². The van der Waals surface area contributed by atoms with Crippen molar-refractivity contribution in [1.82, 2.24) is 14.5 Å². The lowest BCUT2D eigenvalue weighted by Crippen LogP contribution is -2.41. The van der Waals surface area contributed by atoms with Crippen LogP contribution in [0.25, 0.3) is 11.0 Å². The highest BCUT2D eigenvalue weighted by molar-refractivity contribution is 6.00. The summed E-state index contributed by atoms with van der Waals surface area (Å²) in [5, 5.41) is 5.29. The van der Waals surface area contributed by atoms with Crippen LogP contribution in [-0.2, 0) is 18.9 Å². The maximum absolute atomic E-state index is 12.3. The predicted molar refractivity (Wildman–Crippen MR) is 92.4 cm³/mol. The number of carbonyl (C=O) groups is 2. The Kier molecular flexibility index (Phi) is 4.18. The van der Waals surface area contributed by atoms with E-state index >= 15 is 0 Å². The average Bonchev–Trinajstić information content (AvgIpc) is 3.20. The van der Waals surface area contributed by atoms with Gasteiger partial charge in [0.15, 0.2) is 5.76 Å². The Labute approximate surface area is 143 Å². The third-order valence-electron chi connectivity index (χ3n) is 4.03. The molecule has 0 aliphatic carbocycles. The number of amides is 2. The van der Waals surface area contributed by atoms with Gasteiger partial charge in [0, 0.05) is 19.8 Å². The van der Waals surface area contributed by atoms with E-state index in [0.717, 1.165) is 5.52 Å². The third kappa shape index (κ3) is 3.06. The van der Waals surface area contributed by atoms with Gasteiger partial charge in [-0.3, -0.25) is 18.7 Å². The summed E-state index contributed by atoms with van der Waals surface area (Å²) in [6.45, 7) is 1.58. The lowest BCUT2D eigenvalue weighted by atomic mass is 10.2. The molecule has 0 radical (unpaired) electrons. The van der Waals surface area contributed by atoms with E-state index < -0.39 is 11.9 Å². The Balaban J connectivity index is 1.74. The van der Waals surface area contributed by atoms with Crippen LogP contribution in [0.5, 0.6) is 0 Å². The molecular formula is C17H18N4O4. The number of nitrogens with one attached hydrogen (secondary N) is 2. The zero-order valence-corrected chi connectivity index (χ0v) is 14.1. The van der Waals surface area contributed by atoms with Crippen LogP contribution in [0.4, 0.5) is 5.69 Å². The molecule has 2 heterocycles. The van der Waals surface area contributed by atoms with Gasteiger partial charge in [-0.05, 0) is 37.3 Å².